The quantitative estimate of drug-likeness (QED) is 0.771. The number of aldehydes is 1. The first-order valence-electron chi connectivity index (χ1n) is 5.88. The van der Waals surface area contributed by atoms with Gasteiger partial charge in [0.05, 0.1) is 12.7 Å². The summed E-state index contributed by atoms with van der Waals surface area (Å²) in [4.78, 5) is 18.4. The van der Waals surface area contributed by atoms with E-state index in [-0.39, 0.29) is 6.01 Å². The number of hydrogen-bond donors (Lipinski definition) is 0. The second-order valence-corrected chi connectivity index (χ2v) is 3.86. The maximum absolute atomic E-state index is 10.5. The molecule has 0 saturated carbocycles. The lowest BCUT2D eigenvalue weighted by atomic mass is 10.1. The zero-order chi connectivity index (χ0) is 13.7. The van der Waals surface area contributed by atoms with Gasteiger partial charge in [-0.1, -0.05) is 13.0 Å². The number of carbonyl (C=O) groups excluding carboxylic acids is 1. The van der Waals surface area contributed by atoms with Crippen molar-refractivity contribution in [1.29, 1.82) is 0 Å². The third-order valence-electron chi connectivity index (χ3n) is 2.62. The Labute approximate surface area is 111 Å². The lowest BCUT2D eigenvalue weighted by Gasteiger charge is -2.10. The summed E-state index contributed by atoms with van der Waals surface area (Å²) in [5, 5.41) is 0. The number of carbonyl (C=O) groups is 1. The molecule has 0 aliphatic carbocycles. The van der Waals surface area contributed by atoms with Gasteiger partial charge < -0.3 is 9.47 Å². The van der Waals surface area contributed by atoms with Crippen molar-refractivity contribution in [3.05, 3.63) is 41.7 Å². The molecular weight excluding hydrogens is 244 g/mol. The Kier molecular flexibility index (Phi) is 4.07. The van der Waals surface area contributed by atoms with E-state index in [1.807, 2.05) is 18.2 Å². The summed E-state index contributed by atoms with van der Waals surface area (Å²) in [6.45, 7) is 2.07. The Bertz CT molecular complexity index is 567. The van der Waals surface area contributed by atoms with Gasteiger partial charge in [-0.2, -0.15) is 0 Å². The van der Waals surface area contributed by atoms with Gasteiger partial charge in [-0.15, -0.1) is 0 Å². The van der Waals surface area contributed by atoms with E-state index in [4.69, 9.17) is 9.47 Å². The molecule has 0 N–H and O–H groups in total. The molecule has 0 fully saturated rings. The average molecular weight is 258 g/mol. The van der Waals surface area contributed by atoms with Gasteiger partial charge in [-0.25, -0.2) is 9.97 Å². The van der Waals surface area contributed by atoms with Crippen LogP contribution in [0.1, 0.15) is 22.8 Å². The van der Waals surface area contributed by atoms with Crippen LogP contribution in [0.15, 0.2) is 30.6 Å². The Hall–Kier alpha value is -2.43. The van der Waals surface area contributed by atoms with Crippen LogP contribution in [-0.4, -0.2) is 23.4 Å². The second kappa shape index (κ2) is 5.95. The maximum atomic E-state index is 10.5. The fourth-order valence-corrected chi connectivity index (χ4v) is 1.55. The fraction of sp³-hybridized carbons (Fsp3) is 0.214. The number of ether oxygens (including phenoxy) is 2. The summed E-state index contributed by atoms with van der Waals surface area (Å²) in [6.07, 6.45) is 4.41. The molecule has 1 heterocycles. The van der Waals surface area contributed by atoms with Gasteiger partial charge in [0.25, 0.3) is 0 Å². The highest BCUT2D eigenvalue weighted by atomic mass is 16.5. The third-order valence-corrected chi connectivity index (χ3v) is 2.62. The van der Waals surface area contributed by atoms with Gasteiger partial charge in [0.15, 0.2) is 17.8 Å². The van der Waals surface area contributed by atoms with Crippen molar-refractivity contribution in [2.24, 2.45) is 0 Å². The summed E-state index contributed by atoms with van der Waals surface area (Å²) in [7, 11) is 1.58. The number of aromatic nitrogens is 2. The minimum Gasteiger partial charge on any atom is -0.493 e. The van der Waals surface area contributed by atoms with Gasteiger partial charge >= 0.3 is 6.01 Å². The van der Waals surface area contributed by atoms with Crippen molar-refractivity contribution < 1.29 is 14.3 Å². The van der Waals surface area contributed by atoms with Crippen LogP contribution in [0.5, 0.6) is 17.5 Å². The monoisotopic (exact) mass is 258 g/mol. The molecule has 0 bridgehead atoms. The number of benzene rings is 1. The van der Waals surface area contributed by atoms with Gasteiger partial charge in [-0.3, -0.25) is 4.79 Å². The minimum atomic E-state index is 0.174. The van der Waals surface area contributed by atoms with E-state index in [1.54, 1.807) is 7.11 Å². The lowest BCUT2D eigenvalue weighted by molar-refractivity contribution is 0.112. The molecule has 5 nitrogen and oxygen atoms in total. The Morgan fingerprint density at radius 2 is 1.95 bits per heavy atom. The predicted octanol–water partition coefficient (Wildman–Crippen LogP) is 2.65. The average Bonchev–Trinajstić information content (AvgIpc) is 2.48. The number of rotatable bonds is 5. The number of aryl methyl sites for hydroxylation is 1. The van der Waals surface area contributed by atoms with Crippen LogP contribution in [0.2, 0.25) is 0 Å². The van der Waals surface area contributed by atoms with Crippen LogP contribution in [0, 0.1) is 0 Å². The van der Waals surface area contributed by atoms with E-state index in [1.165, 1.54) is 12.4 Å². The topological polar surface area (TPSA) is 61.3 Å². The summed E-state index contributed by atoms with van der Waals surface area (Å²) in [5.41, 5.74) is 1.56. The summed E-state index contributed by atoms with van der Waals surface area (Å²) in [5.74, 6) is 1.17. The molecule has 0 aliphatic rings. The molecule has 0 aliphatic heterocycles. The van der Waals surface area contributed by atoms with Crippen molar-refractivity contribution in [3.8, 4) is 17.5 Å². The van der Waals surface area contributed by atoms with E-state index in [0.29, 0.717) is 23.3 Å². The first-order valence-corrected chi connectivity index (χ1v) is 5.88. The standard InChI is InChI=1S/C14H14N2O3/c1-3-10-4-5-12(13(6-10)18-2)19-14-15-7-11(9-17)8-16-14/h4-9H,3H2,1-2H3. The molecule has 5 heteroatoms. The smallest absolute Gasteiger partial charge is 0.322 e. The van der Waals surface area contributed by atoms with E-state index >= 15 is 0 Å². The lowest BCUT2D eigenvalue weighted by Crippen LogP contribution is -1.96. The zero-order valence-electron chi connectivity index (χ0n) is 10.8. The van der Waals surface area contributed by atoms with Crippen molar-refractivity contribution >= 4 is 6.29 Å². The molecule has 2 aromatic rings. The van der Waals surface area contributed by atoms with Gasteiger partial charge in [-0.05, 0) is 24.1 Å². The van der Waals surface area contributed by atoms with Gasteiger partial charge in [0.1, 0.15) is 0 Å². The molecule has 98 valence electrons. The normalized spacial score (nSPS) is 10.0. The highest BCUT2D eigenvalue weighted by Gasteiger charge is 2.08. The third kappa shape index (κ3) is 3.07. The van der Waals surface area contributed by atoms with Crippen LogP contribution < -0.4 is 9.47 Å². The highest BCUT2D eigenvalue weighted by Crippen LogP contribution is 2.30. The van der Waals surface area contributed by atoms with Crippen molar-refractivity contribution in [1.82, 2.24) is 9.97 Å². The number of hydrogen-bond acceptors (Lipinski definition) is 5. The highest BCUT2D eigenvalue weighted by molar-refractivity contribution is 5.73. The van der Waals surface area contributed by atoms with Crippen molar-refractivity contribution in [2.75, 3.05) is 7.11 Å². The molecule has 0 saturated heterocycles. The van der Waals surface area contributed by atoms with Crippen LogP contribution in [0.25, 0.3) is 0 Å². The van der Waals surface area contributed by atoms with Crippen LogP contribution >= 0.6 is 0 Å². The summed E-state index contributed by atoms with van der Waals surface area (Å²) < 4.78 is 10.8. The second-order valence-electron chi connectivity index (χ2n) is 3.86. The molecule has 0 atom stereocenters. The Balaban J connectivity index is 2.24. The Morgan fingerprint density at radius 1 is 1.21 bits per heavy atom. The van der Waals surface area contributed by atoms with Crippen LogP contribution in [0.4, 0.5) is 0 Å². The molecule has 0 radical (unpaired) electrons. The largest absolute Gasteiger partial charge is 0.493 e. The number of nitrogens with zero attached hydrogens (tertiary/aromatic N) is 2. The molecule has 19 heavy (non-hydrogen) atoms. The van der Waals surface area contributed by atoms with Crippen molar-refractivity contribution in [2.45, 2.75) is 13.3 Å². The summed E-state index contributed by atoms with van der Waals surface area (Å²) >= 11 is 0. The predicted molar refractivity (Wildman–Crippen MR) is 69.9 cm³/mol. The van der Waals surface area contributed by atoms with Crippen LogP contribution in [0.3, 0.4) is 0 Å². The summed E-state index contributed by atoms with van der Waals surface area (Å²) in [6, 6.07) is 5.86. The molecule has 0 amide bonds. The SMILES string of the molecule is CCc1ccc(Oc2ncc(C=O)cn2)c(OC)c1. The van der Waals surface area contributed by atoms with Crippen molar-refractivity contribution in [3.63, 3.8) is 0 Å². The molecular formula is C14H14N2O3. The molecule has 0 spiro atoms. The minimum absolute atomic E-state index is 0.174. The van der Waals surface area contributed by atoms with E-state index < -0.39 is 0 Å². The molecule has 1 aromatic heterocycles. The maximum Gasteiger partial charge on any atom is 0.322 e. The van der Waals surface area contributed by atoms with E-state index in [9.17, 15) is 4.79 Å². The molecule has 1 aromatic carbocycles. The first-order chi connectivity index (χ1) is 9.26. The molecule has 2 rings (SSSR count). The van der Waals surface area contributed by atoms with E-state index in [0.717, 1.165) is 12.0 Å². The number of methoxy groups -OCH3 is 1. The van der Waals surface area contributed by atoms with Gasteiger partial charge in [0, 0.05) is 12.4 Å². The first kappa shape index (κ1) is 13.0. The molecule has 0 unspecified atom stereocenters. The fourth-order valence-electron chi connectivity index (χ4n) is 1.55. The zero-order valence-corrected chi connectivity index (χ0v) is 10.8. The van der Waals surface area contributed by atoms with Gasteiger partial charge in [0.2, 0.25) is 0 Å². The van der Waals surface area contributed by atoms with E-state index in [2.05, 4.69) is 16.9 Å². The van der Waals surface area contributed by atoms with Crippen LogP contribution in [-0.2, 0) is 6.42 Å². The Morgan fingerprint density at radius 3 is 2.53 bits per heavy atom.